The number of amides is 2. The molecule has 0 saturated carbocycles. The number of ether oxygens (including phenoxy) is 1. The zero-order valence-electron chi connectivity index (χ0n) is 11.4. The second-order valence-electron chi connectivity index (χ2n) is 5.07. The number of hydrogen-bond donors (Lipinski definition) is 3. The minimum Gasteiger partial charge on any atom is -0.481 e. The maximum atomic E-state index is 11.8. The molecular weight excluding hydrogens is 264 g/mol. The van der Waals surface area contributed by atoms with Gasteiger partial charge in [0, 0.05) is 19.4 Å². The topological polar surface area (TPSA) is 105 Å². The third-order valence-electron chi connectivity index (χ3n) is 3.58. The molecule has 8 nitrogen and oxygen atoms in total. The Balaban J connectivity index is 1.88. The smallest absolute Gasteiger partial charge is 0.315 e. The maximum Gasteiger partial charge on any atom is 0.315 e. The molecule has 3 N–H and O–H groups in total. The first-order valence-electron chi connectivity index (χ1n) is 6.25. The molecule has 2 rings (SSSR count). The van der Waals surface area contributed by atoms with Gasteiger partial charge >= 0.3 is 12.0 Å². The SMILES string of the molecule is Cn1ccnc1CNC(=O)NC1COCC1(C)C(=O)O. The Labute approximate surface area is 116 Å². The lowest BCUT2D eigenvalue weighted by atomic mass is 9.85. The van der Waals surface area contributed by atoms with Crippen molar-refractivity contribution >= 4 is 12.0 Å². The van der Waals surface area contributed by atoms with Crippen LogP contribution in [-0.4, -0.2) is 45.9 Å². The molecule has 0 aliphatic carbocycles. The summed E-state index contributed by atoms with van der Waals surface area (Å²) in [5.74, 6) is -0.270. The molecule has 0 aromatic carbocycles. The minimum absolute atomic E-state index is 0.0899. The van der Waals surface area contributed by atoms with Crippen molar-refractivity contribution in [3.8, 4) is 0 Å². The van der Waals surface area contributed by atoms with Crippen LogP contribution in [0.15, 0.2) is 12.4 Å². The summed E-state index contributed by atoms with van der Waals surface area (Å²) < 4.78 is 6.96. The first-order valence-corrected chi connectivity index (χ1v) is 6.25. The number of nitrogens with one attached hydrogen (secondary N) is 2. The summed E-state index contributed by atoms with van der Waals surface area (Å²) in [5, 5.41) is 14.5. The van der Waals surface area contributed by atoms with Crippen molar-refractivity contribution in [3.05, 3.63) is 18.2 Å². The Bertz CT molecular complexity index is 515. The summed E-state index contributed by atoms with van der Waals surface area (Å²) in [6.45, 7) is 2.12. The molecule has 0 radical (unpaired) electrons. The third kappa shape index (κ3) is 2.74. The summed E-state index contributed by atoms with van der Waals surface area (Å²) in [5.41, 5.74) is -1.10. The number of carboxylic acid groups (broad SMARTS) is 1. The number of imidazole rings is 1. The number of aryl methyl sites for hydroxylation is 1. The molecule has 1 aromatic rings. The fourth-order valence-corrected chi connectivity index (χ4v) is 2.02. The maximum absolute atomic E-state index is 11.8. The molecular formula is C12H18N4O4. The van der Waals surface area contributed by atoms with E-state index < -0.39 is 23.5 Å². The molecule has 1 aromatic heterocycles. The summed E-state index contributed by atoms with van der Waals surface area (Å²) in [6, 6.07) is -0.989. The van der Waals surface area contributed by atoms with E-state index in [4.69, 9.17) is 4.74 Å². The molecule has 2 heterocycles. The fourth-order valence-electron chi connectivity index (χ4n) is 2.02. The van der Waals surface area contributed by atoms with E-state index in [1.807, 2.05) is 7.05 Å². The number of aromatic nitrogens is 2. The van der Waals surface area contributed by atoms with Gasteiger partial charge in [0.25, 0.3) is 0 Å². The van der Waals surface area contributed by atoms with E-state index in [1.165, 1.54) is 0 Å². The minimum atomic E-state index is -1.10. The van der Waals surface area contributed by atoms with E-state index >= 15 is 0 Å². The number of carbonyl (C=O) groups excluding carboxylic acids is 1. The molecule has 2 atom stereocenters. The van der Waals surface area contributed by atoms with Crippen molar-refractivity contribution < 1.29 is 19.4 Å². The number of rotatable bonds is 4. The van der Waals surface area contributed by atoms with Crippen molar-refractivity contribution in [1.82, 2.24) is 20.2 Å². The molecule has 0 bridgehead atoms. The molecule has 2 amide bonds. The lowest BCUT2D eigenvalue weighted by Gasteiger charge is -2.25. The van der Waals surface area contributed by atoms with Gasteiger partial charge in [-0.2, -0.15) is 0 Å². The molecule has 0 spiro atoms. The summed E-state index contributed by atoms with van der Waals surface area (Å²) >= 11 is 0. The van der Waals surface area contributed by atoms with Gasteiger partial charge in [-0.1, -0.05) is 0 Å². The highest BCUT2D eigenvalue weighted by atomic mass is 16.5. The van der Waals surface area contributed by atoms with Crippen molar-refractivity contribution in [2.75, 3.05) is 13.2 Å². The van der Waals surface area contributed by atoms with Gasteiger partial charge in [0.15, 0.2) is 0 Å². The van der Waals surface area contributed by atoms with Gasteiger partial charge in [-0.3, -0.25) is 4.79 Å². The zero-order chi connectivity index (χ0) is 14.8. The number of hydrogen-bond acceptors (Lipinski definition) is 4. The van der Waals surface area contributed by atoms with Gasteiger partial charge in [0.2, 0.25) is 0 Å². The molecule has 1 aliphatic heterocycles. The van der Waals surface area contributed by atoms with E-state index in [1.54, 1.807) is 23.9 Å². The van der Waals surface area contributed by atoms with Crippen LogP contribution in [0.1, 0.15) is 12.7 Å². The van der Waals surface area contributed by atoms with Crippen LogP contribution in [-0.2, 0) is 23.1 Å². The highest BCUT2D eigenvalue weighted by Crippen LogP contribution is 2.28. The lowest BCUT2D eigenvalue weighted by molar-refractivity contribution is -0.148. The summed E-state index contributed by atoms with van der Waals surface area (Å²) in [6.07, 6.45) is 3.42. The van der Waals surface area contributed by atoms with Gasteiger partial charge in [0.05, 0.1) is 25.8 Å². The normalized spacial score (nSPS) is 25.4. The van der Waals surface area contributed by atoms with Gasteiger partial charge in [-0.05, 0) is 6.92 Å². The summed E-state index contributed by atoms with van der Waals surface area (Å²) in [7, 11) is 1.83. The number of aliphatic carboxylic acids is 1. The third-order valence-corrected chi connectivity index (χ3v) is 3.58. The summed E-state index contributed by atoms with van der Waals surface area (Å²) in [4.78, 5) is 27.1. The van der Waals surface area contributed by atoms with E-state index in [9.17, 15) is 14.7 Å². The quantitative estimate of drug-likeness (QED) is 0.703. The first-order chi connectivity index (χ1) is 9.43. The molecule has 110 valence electrons. The van der Waals surface area contributed by atoms with Crippen LogP contribution < -0.4 is 10.6 Å². The highest BCUT2D eigenvalue weighted by Gasteiger charge is 2.47. The van der Waals surface area contributed by atoms with E-state index in [-0.39, 0.29) is 19.8 Å². The van der Waals surface area contributed by atoms with Crippen molar-refractivity contribution in [2.24, 2.45) is 12.5 Å². The molecule has 1 saturated heterocycles. The molecule has 8 heteroatoms. The standard InChI is InChI=1S/C12H18N4O4/c1-12(10(17)18)7-20-6-8(12)15-11(19)14-5-9-13-3-4-16(9)2/h3-4,8H,5-7H2,1-2H3,(H,17,18)(H2,14,15,19). The average molecular weight is 282 g/mol. The monoisotopic (exact) mass is 282 g/mol. The van der Waals surface area contributed by atoms with Gasteiger partial charge < -0.3 is 25.0 Å². The van der Waals surface area contributed by atoms with Crippen LogP contribution in [0.3, 0.4) is 0 Å². The van der Waals surface area contributed by atoms with Crippen LogP contribution in [0.4, 0.5) is 4.79 Å². The van der Waals surface area contributed by atoms with Crippen molar-refractivity contribution in [2.45, 2.75) is 19.5 Å². The van der Waals surface area contributed by atoms with Crippen LogP contribution in [0.25, 0.3) is 0 Å². The zero-order valence-corrected chi connectivity index (χ0v) is 11.4. The second kappa shape index (κ2) is 5.49. The van der Waals surface area contributed by atoms with E-state index in [2.05, 4.69) is 15.6 Å². The number of nitrogens with zero attached hydrogens (tertiary/aromatic N) is 2. The molecule has 1 fully saturated rings. The fraction of sp³-hybridized carbons (Fsp3) is 0.583. The van der Waals surface area contributed by atoms with Crippen molar-refractivity contribution in [3.63, 3.8) is 0 Å². The Morgan fingerprint density at radius 1 is 1.65 bits per heavy atom. The number of carboxylic acids is 1. The Hall–Kier alpha value is -2.09. The van der Waals surface area contributed by atoms with Crippen LogP contribution in [0.5, 0.6) is 0 Å². The van der Waals surface area contributed by atoms with Crippen LogP contribution in [0.2, 0.25) is 0 Å². The average Bonchev–Trinajstić information content (AvgIpc) is 2.95. The highest BCUT2D eigenvalue weighted by molar-refractivity contribution is 5.79. The first kappa shape index (κ1) is 14.3. The van der Waals surface area contributed by atoms with Gasteiger partial charge in [0.1, 0.15) is 11.2 Å². The number of urea groups is 1. The van der Waals surface area contributed by atoms with Crippen molar-refractivity contribution in [1.29, 1.82) is 0 Å². The second-order valence-corrected chi connectivity index (χ2v) is 5.07. The van der Waals surface area contributed by atoms with E-state index in [0.717, 1.165) is 0 Å². The Morgan fingerprint density at radius 3 is 3.00 bits per heavy atom. The molecule has 2 unspecified atom stereocenters. The van der Waals surface area contributed by atoms with Gasteiger partial charge in [-0.15, -0.1) is 0 Å². The molecule has 1 aliphatic rings. The number of carbonyl (C=O) groups is 2. The Kier molecular flexibility index (Phi) is 3.93. The lowest BCUT2D eigenvalue weighted by Crippen LogP contribution is -2.52. The predicted octanol–water partition coefficient (Wildman–Crippen LogP) is -0.291. The molecule has 20 heavy (non-hydrogen) atoms. The predicted molar refractivity (Wildman–Crippen MR) is 68.9 cm³/mol. The largest absolute Gasteiger partial charge is 0.481 e. The van der Waals surface area contributed by atoms with Crippen LogP contribution >= 0.6 is 0 Å². The van der Waals surface area contributed by atoms with Crippen LogP contribution in [0, 0.1) is 5.41 Å². The van der Waals surface area contributed by atoms with Gasteiger partial charge in [-0.25, -0.2) is 9.78 Å². The Morgan fingerprint density at radius 2 is 2.40 bits per heavy atom. The van der Waals surface area contributed by atoms with E-state index in [0.29, 0.717) is 5.82 Å².